The van der Waals surface area contributed by atoms with E-state index in [4.69, 9.17) is 0 Å². The molecule has 1 amide bonds. The quantitative estimate of drug-likeness (QED) is 0.826. The second-order valence-corrected chi connectivity index (χ2v) is 6.17. The van der Waals surface area contributed by atoms with E-state index >= 15 is 0 Å². The van der Waals surface area contributed by atoms with Gasteiger partial charge in [0.2, 0.25) is 5.91 Å². The fourth-order valence-electron chi connectivity index (χ4n) is 2.45. The third kappa shape index (κ3) is 4.93. The molecule has 0 radical (unpaired) electrons. The highest BCUT2D eigenvalue weighted by molar-refractivity contribution is 7.09. The Bertz CT molecular complexity index is 372. The number of hydrogen-bond acceptors (Lipinski definition) is 4. The zero-order valence-electron chi connectivity index (χ0n) is 11.5. The third-order valence-electron chi connectivity index (χ3n) is 3.59. The Morgan fingerprint density at radius 1 is 1.47 bits per heavy atom. The number of carbonyl (C=O) groups excluding carboxylic acids is 1. The van der Waals surface area contributed by atoms with Gasteiger partial charge in [0.15, 0.2) is 0 Å². The van der Waals surface area contributed by atoms with Gasteiger partial charge >= 0.3 is 0 Å². The van der Waals surface area contributed by atoms with Crippen LogP contribution in [-0.2, 0) is 11.3 Å². The lowest BCUT2D eigenvalue weighted by molar-refractivity contribution is -0.120. The van der Waals surface area contributed by atoms with Crippen LogP contribution in [0.25, 0.3) is 0 Å². The van der Waals surface area contributed by atoms with Crippen LogP contribution in [0.2, 0.25) is 0 Å². The van der Waals surface area contributed by atoms with Crippen LogP contribution in [0, 0.1) is 5.92 Å². The Labute approximate surface area is 119 Å². The molecule has 0 saturated carbocycles. The molecule has 4 nitrogen and oxygen atoms in total. The highest BCUT2D eigenvalue weighted by Gasteiger charge is 2.19. The average molecular weight is 281 g/mol. The van der Waals surface area contributed by atoms with E-state index in [0.29, 0.717) is 12.5 Å². The van der Waals surface area contributed by atoms with Gasteiger partial charge in [-0.3, -0.25) is 9.69 Å². The van der Waals surface area contributed by atoms with Crippen LogP contribution in [0.15, 0.2) is 17.5 Å². The van der Waals surface area contributed by atoms with Gasteiger partial charge in [0, 0.05) is 18.0 Å². The minimum Gasteiger partial charge on any atom is -0.355 e. The number of thiophene rings is 1. The second kappa shape index (κ2) is 7.62. The number of likely N-dealkylation sites (tertiary alicyclic amines) is 1. The molecule has 19 heavy (non-hydrogen) atoms. The molecule has 2 rings (SSSR count). The number of amides is 1. The van der Waals surface area contributed by atoms with E-state index in [-0.39, 0.29) is 5.91 Å². The number of likely N-dealkylation sites (N-methyl/N-ethyl adjacent to an activating group) is 1. The molecule has 1 aromatic rings. The summed E-state index contributed by atoms with van der Waals surface area (Å²) < 4.78 is 0. The Morgan fingerprint density at radius 2 is 2.26 bits per heavy atom. The standard InChI is InChI=1S/C14H23N3OS/c1-15-10-14(18)16-9-12-4-6-17(7-5-12)11-13-3-2-8-19-13/h2-3,8,12,15H,4-7,9-11H2,1H3,(H,16,18). The predicted molar refractivity (Wildman–Crippen MR) is 79.3 cm³/mol. The van der Waals surface area contributed by atoms with Crippen molar-refractivity contribution in [2.24, 2.45) is 5.92 Å². The van der Waals surface area contributed by atoms with E-state index in [1.807, 2.05) is 11.3 Å². The molecule has 0 bridgehead atoms. The van der Waals surface area contributed by atoms with E-state index in [2.05, 4.69) is 33.0 Å². The maximum absolute atomic E-state index is 11.4. The van der Waals surface area contributed by atoms with Crippen LogP contribution >= 0.6 is 11.3 Å². The summed E-state index contributed by atoms with van der Waals surface area (Å²) in [6.45, 7) is 4.61. The summed E-state index contributed by atoms with van der Waals surface area (Å²) in [4.78, 5) is 15.3. The lowest BCUT2D eigenvalue weighted by atomic mass is 9.97. The molecule has 1 saturated heterocycles. The van der Waals surface area contributed by atoms with Gasteiger partial charge in [-0.2, -0.15) is 0 Å². The first-order valence-electron chi connectivity index (χ1n) is 6.94. The molecule has 0 unspecified atom stereocenters. The molecule has 0 aromatic carbocycles. The van der Waals surface area contributed by atoms with E-state index in [0.717, 1.165) is 26.2 Å². The fraction of sp³-hybridized carbons (Fsp3) is 0.643. The van der Waals surface area contributed by atoms with E-state index in [9.17, 15) is 4.79 Å². The van der Waals surface area contributed by atoms with Crippen LogP contribution in [0.4, 0.5) is 0 Å². The van der Waals surface area contributed by atoms with Crippen molar-refractivity contribution >= 4 is 17.2 Å². The maximum Gasteiger partial charge on any atom is 0.233 e. The first-order valence-corrected chi connectivity index (χ1v) is 7.82. The smallest absolute Gasteiger partial charge is 0.233 e. The lowest BCUT2D eigenvalue weighted by Gasteiger charge is -2.31. The van der Waals surface area contributed by atoms with Crippen molar-refractivity contribution in [1.82, 2.24) is 15.5 Å². The zero-order chi connectivity index (χ0) is 13.5. The van der Waals surface area contributed by atoms with Crippen LogP contribution in [0.3, 0.4) is 0 Å². The minimum absolute atomic E-state index is 0.100. The number of nitrogens with one attached hydrogen (secondary N) is 2. The monoisotopic (exact) mass is 281 g/mol. The van der Waals surface area contributed by atoms with Crippen molar-refractivity contribution in [1.29, 1.82) is 0 Å². The van der Waals surface area contributed by atoms with E-state index in [1.54, 1.807) is 7.05 Å². The molecule has 106 valence electrons. The molecule has 1 aliphatic rings. The Kier molecular flexibility index (Phi) is 5.82. The van der Waals surface area contributed by atoms with Gasteiger partial charge in [0.1, 0.15) is 0 Å². The van der Waals surface area contributed by atoms with E-state index < -0.39 is 0 Å². The molecule has 2 heterocycles. The largest absolute Gasteiger partial charge is 0.355 e. The molecule has 2 N–H and O–H groups in total. The van der Waals surface area contributed by atoms with Gasteiger partial charge in [-0.05, 0) is 50.3 Å². The number of nitrogens with zero attached hydrogens (tertiary/aromatic N) is 1. The summed E-state index contributed by atoms with van der Waals surface area (Å²) in [6, 6.07) is 4.32. The van der Waals surface area contributed by atoms with Crippen LogP contribution in [0.5, 0.6) is 0 Å². The van der Waals surface area contributed by atoms with Crippen LogP contribution < -0.4 is 10.6 Å². The molecular formula is C14H23N3OS. The summed E-state index contributed by atoms with van der Waals surface area (Å²) in [5, 5.41) is 8.00. The molecule has 0 spiro atoms. The number of piperidine rings is 1. The Balaban J connectivity index is 1.63. The van der Waals surface area contributed by atoms with Gasteiger partial charge in [-0.1, -0.05) is 6.07 Å². The van der Waals surface area contributed by atoms with E-state index in [1.165, 1.54) is 17.7 Å². The number of carbonyl (C=O) groups is 1. The number of hydrogen-bond donors (Lipinski definition) is 2. The summed E-state index contributed by atoms with van der Waals surface area (Å²) >= 11 is 1.83. The second-order valence-electron chi connectivity index (χ2n) is 5.13. The lowest BCUT2D eigenvalue weighted by Crippen LogP contribution is -2.40. The summed E-state index contributed by atoms with van der Waals surface area (Å²) in [7, 11) is 1.79. The first kappa shape index (κ1) is 14.5. The van der Waals surface area contributed by atoms with Gasteiger partial charge in [-0.25, -0.2) is 0 Å². The van der Waals surface area contributed by atoms with Crippen molar-refractivity contribution in [3.8, 4) is 0 Å². The van der Waals surface area contributed by atoms with Crippen molar-refractivity contribution < 1.29 is 4.79 Å². The SMILES string of the molecule is CNCC(=O)NCC1CCN(Cc2cccs2)CC1. The van der Waals surface area contributed by atoms with Gasteiger partial charge in [0.25, 0.3) is 0 Å². The predicted octanol–water partition coefficient (Wildman–Crippen LogP) is 1.30. The maximum atomic E-state index is 11.4. The average Bonchev–Trinajstić information content (AvgIpc) is 2.91. The van der Waals surface area contributed by atoms with Gasteiger partial charge < -0.3 is 10.6 Å². The first-order chi connectivity index (χ1) is 9.28. The summed E-state index contributed by atoms with van der Waals surface area (Å²) in [5.74, 6) is 0.740. The van der Waals surface area contributed by atoms with Crippen molar-refractivity contribution in [3.05, 3.63) is 22.4 Å². The van der Waals surface area contributed by atoms with Crippen LogP contribution in [0.1, 0.15) is 17.7 Å². The topological polar surface area (TPSA) is 44.4 Å². The van der Waals surface area contributed by atoms with Crippen molar-refractivity contribution in [2.75, 3.05) is 33.2 Å². The normalized spacial score (nSPS) is 17.5. The summed E-state index contributed by atoms with van der Waals surface area (Å²) in [5.41, 5.74) is 0. The highest BCUT2D eigenvalue weighted by Crippen LogP contribution is 2.20. The van der Waals surface area contributed by atoms with Gasteiger partial charge in [-0.15, -0.1) is 11.3 Å². The third-order valence-corrected chi connectivity index (χ3v) is 4.45. The molecule has 1 aromatic heterocycles. The fourth-order valence-corrected chi connectivity index (χ4v) is 3.20. The molecular weight excluding hydrogens is 258 g/mol. The molecule has 1 aliphatic heterocycles. The Hall–Kier alpha value is -0.910. The van der Waals surface area contributed by atoms with Crippen molar-refractivity contribution in [2.45, 2.75) is 19.4 Å². The molecule has 0 aliphatic carbocycles. The Morgan fingerprint density at radius 3 is 2.89 bits per heavy atom. The van der Waals surface area contributed by atoms with Gasteiger partial charge in [0.05, 0.1) is 6.54 Å². The zero-order valence-corrected chi connectivity index (χ0v) is 12.3. The van der Waals surface area contributed by atoms with Crippen molar-refractivity contribution in [3.63, 3.8) is 0 Å². The minimum atomic E-state index is 0.100. The van der Waals surface area contributed by atoms with Crippen LogP contribution in [-0.4, -0.2) is 44.0 Å². The number of rotatable bonds is 6. The molecule has 1 fully saturated rings. The highest BCUT2D eigenvalue weighted by atomic mass is 32.1. The molecule has 0 atom stereocenters. The summed E-state index contributed by atoms with van der Waals surface area (Å²) in [6.07, 6.45) is 2.37. The molecule has 5 heteroatoms.